The molecule has 0 bridgehead atoms. The van der Waals surface area contributed by atoms with E-state index in [0.717, 1.165) is 24.5 Å². The molecular weight excluding hydrogens is 234 g/mol. The summed E-state index contributed by atoms with van der Waals surface area (Å²) in [6, 6.07) is 0. The molecule has 1 aromatic heterocycles. The van der Waals surface area contributed by atoms with Gasteiger partial charge in [0.2, 0.25) is 0 Å². The van der Waals surface area contributed by atoms with E-state index in [9.17, 15) is 4.79 Å². The van der Waals surface area contributed by atoms with Gasteiger partial charge in [-0.2, -0.15) is 0 Å². The Balaban J connectivity index is 2.76. The third kappa shape index (κ3) is 3.14. The first-order chi connectivity index (χ1) is 7.20. The molecule has 1 heterocycles. The Morgan fingerprint density at radius 3 is 2.73 bits per heavy atom. The predicted molar refractivity (Wildman–Crippen MR) is 61.6 cm³/mol. The number of rotatable bonds is 5. The molecule has 0 unspecified atom stereocenters. The monoisotopic (exact) mass is 247 g/mol. The Kier molecular flexibility index (Phi) is 4.98. The Bertz CT molecular complexity index is 323. The van der Waals surface area contributed by atoms with Gasteiger partial charge in [-0.3, -0.25) is 4.79 Å². The lowest BCUT2D eigenvalue weighted by Crippen LogP contribution is -2.33. The third-order valence-corrected chi connectivity index (χ3v) is 2.97. The largest absolute Gasteiger partial charge is 0.337 e. The van der Waals surface area contributed by atoms with Crippen molar-refractivity contribution in [1.82, 2.24) is 14.5 Å². The van der Waals surface area contributed by atoms with Crippen molar-refractivity contribution in [3.63, 3.8) is 0 Å². The van der Waals surface area contributed by atoms with Crippen molar-refractivity contribution >= 4 is 29.0 Å². The van der Waals surface area contributed by atoms with Crippen LogP contribution in [0.4, 0.5) is 0 Å². The smallest absolute Gasteiger partial charge is 0.267 e. The van der Waals surface area contributed by atoms with Gasteiger partial charge in [0.25, 0.3) is 5.91 Å². The number of hydrogen-bond acceptors (Lipinski definition) is 4. The number of amides is 1. The summed E-state index contributed by atoms with van der Waals surface area (Å²) >= 11 is 6.80. The van der Waals surface area contributed by atoms with Crippen LogP contribution in [0.5, 0.6) is 0 Å². The minimum atomic E-state index is -0.00926. The average molecular weight is 248 g/mol. The Hall–Kier alpha value is -0.680. The summed E-state index contributed by atoms with van der Waals surface area (Å²) in [5.74, 6) is 0.446. The molecule has 0 N–H and O–H groups in total. The van der Waals surface area contributed by atoms with Gasteiger partial charge in [-0.15, -0.1) is 16.7 Å². The lowest BCUT2D eigenvalue weighted by Gasteiger charge is -2.19. The maximum atomic E-state index is 12.0. The van der Waals surface area contributed by atoms with Crippen molar-refractivity contribution in [3.8, 4) is 0 Å². The number of nitrogens with zero attached hydrogens (tertiary/aromatic N) is 3. The van der Waals surface area contributed by atoms with Crippen molar-refractivity contribution in [3.05, 3.63) is 10.6 Å². The van der Waals surface area contributed by atoms with Crippen LogP contribution in [0.15, 0.2) is 0 Å². The fourth-order valence-corrected chi connectivity index (χ4v) is 2.09. The molecule has 1 aromatic rings. The zero-order valence-electron chi connectivity index (χ0n) is 8.86. The standard InChI is InChI=1S/C9H14ClN3OS/c1-3-5-13(6-4-10)9(14)8-7(2)11-12-15-8/h3-6H2,1-2H3. The van der Waals surface area contributed by atoms with Gasteiger partial charge >= 0.3 is 0 Å². The zero-order valence-corrected chi connectivity index (χ0v) is 10.4. The highest BCUT2D eigenvalue weighted by atomic mass is 35.5. The third-order valence-electron chi connectivity index (χ3n) is 1.98. The molecule has 0 aliphatic rings. The minimum Gasteiger partial charge on any atom is -0.337 e. The van der Waals surface area contributed by atoms with Gasteiger partial charge in [-0.05, 0) is 24.9 Å². The van der Waals surface area contributed by atoms with Crippen molar-refractivity contribution in [1.29, 1.82) is 0 Å². The summed E-state index contributed by atoms with van der Waals surface area (Å²) < 4.78 is 3.76. The molecular formula is C9H14ClN3OS. The van der Waals surface area contributed by atoms with Gasteiger partial charge in [-0.1, -0.05) is 11.4 Å². The molecule has 15 heavy (non-hydrogen) atoms. The van der Waals surface area contributed by atoms with E-state index in [1.165, 1.54) is 0 Å². The van der Waals surface area contributed by atoms with Crippen LogP contribution < -0.4 is 0 Å². The van der Waals surface area contributed by atoms with Crippen molar-refractivity contribution in [2.75, 3.05) is 19.0 Å². The normalized spacial score (nSPS) is 10.3. The molecule has 1 amide bonds. The van der Waals surface area contributed by atoms with E-state index in [4.69, 9.17) is 11.6 Å². The lowest BCUT2D eigenvalue weighted by molar-refractivity contribution is 0.0769. The SMILES string of the molecule is CCCN(CCCl)C(=O)c1snnc1C. The molecule has 1 rings (SSSR count). The molecule has 84 valence electrons. The number of carbonyl (C=O) groups is 1. The summed E-state index contributed by atoms with van der Waals surface area (Å²) in [7, 11) is 0. The van der Waals surface area contributed by atoms with Gasteiger partial charge in [-0.25, -0.2) is 0 Å². The Morgan fingerprint density at radius 1 is 1.53 bits per heavy atom. The van der Waals surface area contributed by atoms with Gasteiger partial charge in [0.1, 0.15) is 4.88 Å². The second kappa shape index (κ2) is 6.02. The molecule has 0 saturated heterocycles. The zero-order chi connectivity index (χ0) is 11.3. The van der Waals surface area contributed by atoms with Gasteiger partial charge in [0, 0.05) is 19.0 Å². The molecule has 0 fully saturated rings. The van der Waals surface area contributed by atoms with Crippen molar-refractivity contribution in [2.45, 2.75) is 20.3 Å². The van der Waals surface area contributed by atoms with Crippen LogP contribution in [0.3, 0.4) is 0 Å². The number of aromatic nitrogens is 2. The molecule has 4 nitrogen and oxygen atoms in total. The fourth-order valence-electron chi connectivity index (χ4n) is 1.26. The molecule has 0 aliphatic carbocycles. The molecule has 0 radical (unpaired) electrons. The molecule has 0 saturated carbocycles. The first kappa shape index (κ1) is 12.4. The number of carbonyl (C=O) groups excluding carboxylic acids is 1. The highest BCUT2D eigenvalue weighted by molar-refractivity contribution is 7.07. The average Bonchev–Trinajstić information content (AvgIpc) is 2.63. The number of alkyl halides is 1. The maximum Gasteiger partial charge on any atom is 0.267 e. The number of halogens is 1. The van der Waals surface area contributed by atoms with E-state index in [0.29, 0.717) is 23.0 Å². The van der Waals surface area contributed by atoms with Gasteiger partial charge < -0.3 is 4.90 Å². The quantitative estimate of drug-likeness (QED) is 0.747. The Morgan fingerprint density at radius 2 is 2.27 bits per heavy atom. The lowest BCUT2D eigenvalue weighted by atomic mass is 10.3. The highest BCUT2D eigenvalue weighted by Gasteiger charge is 2.19. The summed E-state index contributed by atoms with van der Waals surface area (Å²) in [6.45, 7) is 5.13. The topological polar surface area (TPSA) is 46.1 Å². The van der Waals surface area contributed by atoms with E-state index in [-0.39, 0.29) is 5.91 Å². The molecule has 0 aliphatic heterocycles. The summed E-state index contributed by atoms with van der Waals surface area (Å²) in [5.41, 5.74) is 0.695. The minimum absolute atomic E-state index is 0.00926. The van der Waals surface area contributed by atoms with E-state index in [2.05, 4.69) is 9.59 Å². The van der Waals surface area contributed by atoms with Gasteiger partial charge in [0.05, 0.1) is 5.69 Å². The summed E-state index contributed by atoms with van der Waals surface area (Å²) in [5, 5.41) is 3.83. The molecule has 0 aromatic carbocycles. The number of hydrogen-bond donors (Lipinski definition) is 0. The van der Waals surface area contributed by atoms with E-state index in [1.54, 1.807) is 11.8 Å². The molecule has 6 heteroatoms. The van der Waals surface area contributed by atoms with E-state index >= 15 is 0 Å². The Labute approximate surface area is 98.4 Å². The van der Waals surface area contributed by atoms with Crippen molar-refractivity contribution < 1.29 is 4.79 Å². The van der Waals surface area contributed by atoms with Crippen LogP contribution in [0.25, 0.3) is 0 Å². The van der Waals surface area contributed by atoms with Crippen molar-refractivity contribution in [2.24, 2.45) is 0 Å². The predicted octanol–water partition coefficient (Wildman–Crippen LogP) is 1.94. The maximum absolute atomic E-state index is 12.0. The van der Waals surface area contributed by atoms with Crippen LogP contribution in [0, 0.1) is 6.92 Å². The summed E-state index contributed by atoms with van der Waals surface area (Å²) in [4.78, 5) is 14.4. The van der Waals surface area contributed by atoms with Crippen LogP contribution in [0.1, 0.15) is 28.7 Å². The van der Waals surface area contributed by atoms with Crippen LogP contribution in [0.2, 0.25) is 0 Å². The first-order valence-electron chi connectivity index (χ1n) is 4.84. The first-order valence-corrected chi connectivity index (χ1v) is 6.15. The number of aryl methyl sites for hydroxylation is 1. The molecule has 0 spiro atoms. The molecule has 0 atom stereocenters. The van der Waals surface area contributed by atoms with Crippen LogP contribution in [-0.2, 0) is 0 Å². The highest BCUT2D eigenvalue weighted by Crippen LogP contribution is 2.13. The van der Waals surface area contributed by atoms with Crippen LogP contribution >= 0.6 is 23.1 Å². The second-order valence-electron chi connectivity index (χ2n) is 3.17. The van der Waals surface area contributed by atoms with Crippen LogP contribution in [-0.4, -0.2) is 39.4 Å². The second-order valence-corrected chi connectivity index (χ2v) is 4.30. The van der Waals surface area contributed by atoms with Gasteiger partial charge in [0.15, 0.2) is 0 Å². The fraction of sp³-hybridized carbons (Fsp3) is 0.667. The van der Waals surface area contributed by atoms with E-state index in [1.807, 2.05) is 6.92 Å². The summed E-state index contributed by atoms with van der Waals surface area (Å²) in [6.07, 6.45) is 0.925. The van der Waals surface area contributed by atoms with E-state index < -0.39 is 0 Å².